The zero-order chi connectivity index (χ0) is 12.1. The molecule has 0 bridgehead atoms. The zero-order valence-electron chi connectivity index (χ0n) is 9.36. The smallest absolute Gasteiger partial charge is 0.353 e. The van der Waals surface area contributed by atoms with Gasteiger partial charge in [-0.25, -0.2) is 4.79 Å². The van der Waals surface area contributed by atoms with E-state index < -0.39 is 5.97 Å². The Labute approximate surface area is 88.7 Å². The first-order valence-corrected chi connectivity index (χ1v) is 4.71. The van der Waals surface area contributed by atoms with Crippen molar-refractivity contribution in [3.05, 3.63) is 0 Å². The molecule has 0 unspecified atom stereocenters. The van der Waals surface area contributed by atoms with E-state index in [2.05, 4.69) is 10.9 Å². The number of carbonyl (C=O) groups is 1. The highest BCUT2D eigenvalue weighted by atomic mass is 16.5. The Kier molecular flexibility index (Phi) is 5.24. The van der Waals surface area contributed by atoms with E-state index in [-0.39, 0.29) is 23.8 Å². The summed E-state index contributed by atoms with van der Waals surface area (Å²) in [6.45, 7) is 6.02. The predicted molar refractivity (Wildman–Crippen MR) is 53.9 cm³/mol. The predicted octanol–water partition coefficient (Wildman–Crippen LogP) is -0.283. The first kappa shape index (κ1) is 13.9. The number of rotatable bonds is 5. The first-order chi connectivity index (χ1) is 6.80. The van der Waals surface area contributed by atoms with Gasteiger partial charge in [0.2, 0.25) is 0 Å². The van der Waals surface area contributed by atoms with Crippen LogP contribution in [0.4, 0.5) is 0 Å². The lowest BCUT2D eigenvalue weighted by molar-refractivity contribution is -0.389. The van der Waals surface area contributed by atoms with Crippen LogP contribution in [-0.2, 0) is 9.53 Å². The summed E-state index contributed by atoms with van der Waals surface area (Å²) >= 11 is 0. The average molecular weight is 219 g/mol. The summed E-state index contributed by atoms with van der Waals surface area (Å²) in [6, 6.07) is 0. The van der Waals surface area contributed by atoms with Gasteiger partial charge < -0.3 is 20.8 Å². The number of nitrogens with zero attached hydrogens (tertiary/aromatic N) is 1. The second-order valence-electron chi connectivity index (χ2n) is 4.20. The molecule has 0 radical (unpaired) electrons. The Morgan fingerprint density at radius 3 is 2.33 bits per heavy atom. The van der Waals surface area contributed by atoms with Gasteiger partial charge in [-0.3, -0.25) is 0 Å². The molecular formula is C9H19N2O4+. The summed E-state index contributed by atoms with van der Waals surface area (Å²) in [5, 5.41) is 19.8. The molecule has 1 atom stereocenters. The van der Waals surface area contributed by atoms with Gasteiger partial charge in [0.15, 0.2) is 5.71 Å². The van der Waals surface area contributed by atoms with E-state index in [0.29, 0.717) is 6.54 Å². The van der Waals surface area contributed by atoms with E-state index in [4.69, 9.17) is 15.1 Å². The van der Waals surface area contributed by atoms with Crippen LogP contribution in [0.15, 0.2) is 5.16 Å². The van der Waals surface area contributed by atoms with Gasteiger partial charge in [0, 0.05) is 6.42 Å². The number of oxime groups is 1. The van der Waals surface area contributed by atoms with Crippen LogP contribution in [0.3, 0.4) is 0 Å². The van der Waals surface area contributed by atoms with Crippen molar-refractivity contribution in [1.29, 1.82) is 0 Å². The summed E-state index contributed by atoms with van der Waals surface area (Å²) in [5.74, 6) is -1.24. The standard InChI is InChI=1S/C9H18N2O4/c1-9(2,3)15-6(5-10)4-7(11-14)8(12)13/h6,14H,4-5,10H2,1-3H3,(H,12,13)/p+1/b11-7+/t6-/m1/s1. The monoisotopic (exact) mass is 219 g/mol. The molecule has 0 aromatic carbocycles. The number of aliphatic carboxylic acids is 1. The van der Waals surface area contributed by atoms with Gasteiger partial charge in [0.05, 0.1) is 5.60 Å². The minimum Gasteiger partial charge on any atom is -0.477 e. The van der Waals surface area contributed by atoms with Gasteiger partial charge in [-0.05, 0) is 20.8 Å². The Balaban J connectivity index is 4.39. The maximum absolute atomic E-state index is 10.6. The Hall–Kier alpha value is -1.14. The quantitative estimate of drug-likeness (QED) is 0.335. The van der Waals surface area contributed by atoms with Crippen molar-refractivity contribution >= 4 is 11.7 Å². The van der Waals surface area contributed by atoms with Crippen LogP contribution in [0, 0.1) is 0 Å². The van der Waals surface area contributed by atoms with Crippen LogP contribution < -0.4 is 5.73 Å². The Morgan fingerprint density at radius 1 is 1.53 bits per heavy atom. The van der Waals surface area contributed by atoms with Crippen LogP contribution in [0.1, 0.15) is 27.2 Å². The lowest BCUT2D eigenvalue weighted by Gasteiger charge is -2.25. The van der Waals surface area contributed by atoms with E-state index in [9.17, 15) is 4.79 Å². The van der Waals surface area contributed by atoms with E-state index in [0.717, 1.165) is 0 Å². The van der Waals surface area contributed by atoms with Crippen molar-refractivity contribution in [2.24, 2.45) is 5.16 Å². The zero-order valence-corrected chi connectivity index (χ0v) is 9.36. The van der Waals surface area contributed by atoms with Crippen molar-refractivity contribution in [2.45, 2.75) is 38.9 Å². The molecule has 0 rings (SSSR count). The van der Waals surface area contributed by atoms with E-state index in [1.807, 2.05) is 20.8 Å². The minimum absolute atomic E-state index is 0.0482. The number of carboxylic acids is 1. The van der Waals surface area contributed by atoms with E-state index >= 15 is 0 Å². The summed E-state index contributed by atoms with van der Waals surface area (Å²) in [7, 11) is 0. The molecule has 0 saturated carbocycles. The fourth-order valence-electron chi connectivity index (χ4n) is 1.09. The molecule has 5 N–H and O–H groups in total. The highest BCUT2D eigenvalue weighted by Crippen LogP contribution is 2.12. The van der Waals surface area contributed by atoms with Crippen LogP contribution in [0.5, 0.6) is 0 Å². The molecule has 0 fully saturated rings. The first-order valence-electron chi connectivity index (χ1n) is 4.71. The lowest BCUT2D eigenvalue weighted by Crippen LogP contribution is -2.57. The van der Waals surface area contributed by atoms with Crippen molar-refractivity contribution in [1.82, 2.24) is 0 Å². The molecule has 0 spiro atoms. The van der Waals surface area contributed by atoms with E-state index in [1.165, 1.54) is 0 Å². The lowest BCUT2D eigenvalue weighted by atomic mass is 10.1. The molecule has 0 aliphatic rings. The Morgan fingerprint density at radius 2 is 2.07 bits per heavy atom. The van der Waals surface area contributed by atoms with Crippen molar-refractivity contribution in [3.63, 3.8) is 0 Å². The third kappa shape index (κ3) is 6.03. The topological polar surface area (TPSA) is 107 Å². The van der Waals surface area contributed by atoms with Gasteiger partial charge in [-0.1, -0.05) is 5.16 Å². The highest BCUT2D eigenvalue weighted by molar-refractivity contribution is 6.35. The summed E-state index contributed by atoms with van der Waals surface area (Å²) in [4.78, 5) is 10.6. The Bertz CT molecular complexity index is 245. The minimum atomic E-state index is -1.24. The maximum Gasteiger partial charge on any atom is 0.353 e. The van der Waals surface area contributed by atoms with Crippen molar-refractivity contribution in [2.75, 3.05) is 6.54 Å². The second kappa shape index (κ2) is 5.67. The summed E-state index contributed by atoms with van der Waals surface area (Å²) in [5.41, 5.74) is 2.98. The molecule has 0 amide bonds. The van der Waals surface area contributed by atoms with Crippen molar-refractivity contribution < 1.29 is 25.6 Å². The molecule has 0 saturated heterocycles. The van der Waals surface area contributed by atoms with Crippen LogP contribution in [0.2, 0.25) is 0 Å². The number of hydrogen-bond donors (Lipinski definition) is 3. The highest BCUT2D eigenvalue weighted by Gasteiger charge is 2.23. The van der Waals surface area contributed by atoms with Crippen molar-refractivity contribution in [3.8, 4) is 0 Å². The van der Waals surface area contributed by atoms with Crippen LogP contribution >= 0.6 is 0 Å². The molecule has 0 aromatic rings. The van der Waals surface area contributed by atoms with Crippen LogP contribution in [-0.4, -0.2) is 40.2 Å². The fraction of sp³-hybridized carbons (Fsp3) is 0.778. The van der Waals surface area contributed by atoms with Gasteiger partial charge in [0.1, 0.15) is 12.6 Å². The summed E-state index contributed by atoms with van der Waals surface area (Å²) in [6.07, 6.45) is -0.306. The normalized spacial score (nSPS) is 15.1. The van der Waals surface area contributed by atoms with Crippen LogP contribution in [0.25, 0.3) is 0 Å². The third-order valence-corrected chi connectivity index (χ3v) is 1.63. The molecule has 0 aromatic heterocycles. The SMILES string of the molecule is CC(C)(C)O[C@@H](C[NH3+])C/C(=N\O)C(=O)O. The molecule has 88 valence electrons. The maximum atomic E-state index is 10.6. The molecular weight excluding hydrogens is 200 g/mol. The van der Waals surface area contributed by atoms with Gasteiger partial charge in [-0.2, -0.15) is 0 Å². The molecule has 0 aliphatic carbocycles. The van der Waals surface area contributed by atoms with E-state index in [1.54, 1.807) is 0 Å². The molecule has 6 heteroatoms. The number of hydrogen-bond acceptors (Lipinski definition) is 4. The molecule has 6 nitrogen and oxygen atoms in total. The van der Waals surface area contributed by atoms with Gasteiger partial charge >= 0.3 is 5.97 Å². The molecule has 0 aliphatic heterocycles. The number of quaternary nitrogens is 1. The summed E-state index contributed by atoms with van der Waals surface area (Å²) < 4.78 is 5.55. The fourth-order valence-corrected chi connectivity index (χ4v) is 1.09. The average Bonchev–Trinajstić information content (AvgIpc) is 2.09. The molecule has 15 heavy (non-hydrogen) atoms. The third-order valence-electron chi connectivity index (χ3n) is 1.63. The number of carboxylic acid groups (broad SMARTS) is 1. The second-order valence-corrected chi connectivity index (χ2v) is 4.20. The van der Waals surface area contributed by atoms with Gasteiger partial charge in [0.25, 0.3) is 0 Å². The molecule has 0 heterocycles. The largest absolute Gasteiger partial charge is 0.477 e. The number of ether oxygens (including phenoxy) is 1. The van der Waals surface area contributed by atoms with Gasteiger partial charge in [-0.15, -0.1) is 0 Å².